The molecule has 7 nitrogen and oxygen atoms in total. The van der Waals surface area contributed by atoms with Crippen molar-refractivity contribution in [2.75, 3.05) is 5.32 Å². The molecule has 0 spiro atoms. The van der Waals surface area contributed by atoms with E-state index in [-0.39, 0.29) is 23.7 Å². The lowest BCUT2D eigenvalue weighted by Crippen LogP contribution is -2.12. The number of rotatable bonds is 4. The Kier molecular flexibility index (Phi) is 3.76. The first-order chi connectivity index (χ1) is 9.51. The molecule has 0 fully saturated rings. The first kappa shape index (κ1) is 13.7. The molecule has 0 radical (unpaired) electrons. The van der Waals surface area contributed by atoms with Crippen LogP contribution in [-0.2, 0) is 6.54 Å². The normalized spacial score (nSPS) is 10.3. The number of amides is 1. The molecule has 0 atom stereocenters. The lowest BCUT2D eigenvalue weighted by molar-refractivity contribution is -0.384. The third-order valence-electron chi connectivity index (χ3n) is 2.50. The number of anilines is 1. The fourth-order valence-electron chi connectivity index (χ4n) is 1.52. The molecule has 0 aliphatic rings. The maximum atomic E-state index is 13.5. The second kappa shape index (κ2) is 5.49. The number of nitrogens with zero attached hydrogens (tertiary/aromatic N) is 1. The number of non-ortho nitro benzene ring substituents is 1. The lowest BCUT2D eigenvalue weighted by atomic mass is 10.2. The average Bonchev–Trinajstić information content (AvgIpc) is 2.89. The SMILES string of the molecule is NCc1ccc(C(=O)Nc2cc([N+](=O)[O-])ccc2F)o1. The Morgan fingerprint density at radius 2 is 2.15 bits per heavy atom. The number of hydrogen-bond acceptors (Lipinski definition) is 5. The standard InChI is InChI=1S/C12H10FN3O4/c13-9-3-1-7(16(18)19)5-10(9)15-12(17)11-4-2-8(6-14)20-11/h1-5H,6,14H2,(H,15,17). The van der Waals surface area contributed by atoms with Crippen molar-refractivity contribution in [3.05, 3.63) is 57.8 Å². The number of furan rings is 1. The molecule has 0 saturated carbocycles. The molecule has 2 rings (SSSR count). The molecule has 0 bridgehead atoms. The summed E-state index contributed by atoms with van der Waals surface area (Å²) in [6.45, 7) is 0.123. The van der Waals surface area contributed by atoms with Crippen LogP contribution in [-0.4, -0.2) is 10.8 Å². The van der Waals surface area contributed by atoms with E-state index in [1.807, 2.05) is 0 Å². The van der Waals surface area contributed by atoms with E-state index < -0.39 is 16.6 Å². The van der Waals surface area contributed by atoms with Crippen LogP contribution in [0.25, 0.3) is 0 Å². The van der Waals surface area contributed by atoms with Gasteiger partial charge in [0.1, 0.15) is 11.6 Å². The number of carbonyl (C=O) groups is 1. The van der Waals surface area contributed by atoms with Gasteiger partial charge in [-0.3, -0.25) is 14.9 Å². The van der Waals surface area contributed by atoms with E-state index >= 15 is 0 Å². The molecule has 1 aromatic heterocycles. The van der Waals surface area contributed by atoms with Crippen LogP contribution in [0.2, 0.25) is 0 Å². The fourth-order valence-corrected chi connectivity index (χ4v) is 1.52. The molecule has 104 valence electrons. The maximum absolute atomic E-state index is 13.5. The molecule has 0 unspecified atom stereocenters. The molecule has 2 aromatic rings. The van der Waals surface area contributed by atoms with Gasteiger partial charge >= 0.3 is 0 Å². The molecule has 0 aliphatic carbocycles. The Labute approximate surface area is 112 Å². The first-order valence-corrected chi connectivity index (χ1v) is 5.55. The highest BCUT2D eigenvalue weighted by Crippen LogP contribution is 2.22. The summed E-state index contributed by atoms with van der Waals surface area (Å²) in [6, 6.07) is 5.73. The van der Waals surface area contributed by atoms with Crippen LogP contribution in [0.5, 0.6) is 0 Å². The molecule has 8 heteroatoms. The number of nitrogens with two attached hydrogens (primary N) is 1. The molecule has 20 heavy (non-hydrogen) atoms. The topological polar surface area (TPSA) is 111 Å². The van der Waals surface area contributed by atoms with Crippen molar-refractivity contribution in [2.24, 2.45) is 5.73 Å². The molecule has 0 saturated heterocycles. The van der Waals surface area contributed by atoms with E-state index in [2.05, 4.69) is 5.32 Å². The summed E-state index contributed by atoms with van der Waals surface area (Å²) in [5.74, 6) is -1.16. The number of nitrogens with one attached hydrogen (secondary N) is 1. The predicted molar refractivity (Wildman–Crippen MR) is 67.6 cm³/mol. The Hall–Kier alpha value is -2.74. The van der Waals surface area contributed by atoms with Gasteiger partial charge in [0.25, 0.3) is 11.6 Å². The molecule has 0 aliphatic heterocycles. The second-order valence-electron chi connectivity index (χ2n) is 3.85. The van der Waals surface area contributed by atoms with Gasteiger partial charge in [0.2, 0.25) is 0 Å². The Balaban J connectivity index is 2.22. The Bertz CT molecular complexity index is 668. The van der Waals surface area contributed by atoms with Crippen LogP contribution in [0.3, 0.4) is 0 Å². The smallest absolute Gasteiger partial charge is 0.291 e. The van der Waals surface area contributed by atoms with Gasteiger partial charge in [0, 0.05) is 12.1 Å². The maximum Gasteiger partial charge on any atom is 0.291 e. The summed E-state index contributed by atoms with van der Waals surface area (Å²) in [5, 5.41) is 12.8. The summed E-state index contributed by atoms with van der Waals surface area (Å²) >= 11 is 0. The number of nitro benzene ring substituents is 1. The van der Waals surface area contributed by atoms with E-state index in [0.717, 1.165) is 18.2 Å². The minimum Gasteiger partial charge on any atom is -0.455 e. The van der Waals surface area contributed by atoms with Gasteiger partial charge in [-0.1, -0.05) is 0 Å². The van der Waals surface area contributed by atoms with Crippen LogP contribution >= 0.6 is 0 Å². The highest BCUT2D eigenvalue weighted by atomic mass is 19.1. The van der Waals surface area contributed by atoms with Gasteiger partial charge in [-0.2, -0.15) is 0 Å². The van der Waals surface area contributed by atoms with Gasteiger partial charge < -0.3 is 15.5 Å². The van der Waals surface area contributed by atoms with E-state index in [4.69, 9.17) is 10.2 Å². The van der Waals surface area contributed by atoms with Crippen molar-refractivity contribution >= 4 is 17.3 Å². The number of hydrogen-bond donors (Lipinski definition) is 2. The van der Waals surface area contributed by atoms with Crippen molar-refractivity contribution in [3.63, 3.8) is 0 Å². The Morgan fingerprint density at radius 3 is 2.75 bits per heavy atom. The molecule has 1 aromatic carbocycles. The van der Waals surface area contributed by atoms with Crippen LogP contribution < -0.4 is 11.1 Å². The van der Waals surface area contributed by atoms with Gasteiger partial charge in [0.05, 0.1) is 17.2 Å². The summed E-state index contributed by atoms with van der Waals surface area (Å²) in [4.78, 5) is 21.7. The van der Waals surface area contributed by atoms with Crippen molar-refractivity contribution < 1.29 is 18.5 Å². The van der Waals surface area contributed by atoms with Crippen molar-refractivity contribution in [1.82, 2.24) is 0 Å². The van der Waals surface area contributed by atoms with Gasteiger partial charge in [-0.05, 0) is 18.2 Å². The van der Waals surface area contributed by atoms with Crippen LogP contribution in [0.1, 0.15) is 16.3 Å². The third kappa shape index (κ3) is 2.81. The Morgan fingerprint density at radius 1 is 1.40 bits per heavy atom. The summed E-state index contributed by atoms with van der Waals surface area (Å²) < 4.78 is 18.6. The largest absolute Gasteiger partial charge is 0.455 e. The molecular formula is C12H10FN3O4. The first-order valence-electron chi connectivity index (χ1n) is 5.55. The van der Waals surface area contributed by atoms with E-state index in [0.29, 0.717) is 5.76 Å². The van der Waals surface area contributed by atoms with E-state index in [1.54, 1.807) is 0 Å². The minimum absolute atomic E-state index is 0.0589. The summed E-state index contributed by atoms with van der Waals surface area (Å²) in [5.41, 5.74) is 4.71. The van der Waals surface area contributed by atoms with Crippen LogP contribution in [0.4, 0.5) is 15.8 Å². The van der Waals surface area contributed by atoms with Gasteiger partial charge in [-0.15, -0.1) is 0 Å². The number of nitro groups is 1. The summed E-state index contributed by atoms with van der Waals surface area (Å²) in [6.07, 6.45) is 0. The van der Waals surface area contributed by atoms with Gasteiger partial charge in [0.15, 0.2) is 5.76 Å². The van der Waals surface area contributed by atoms with Crippen LogP contribution in [0.15, 0.2) is 34.7 Å². The third-order valence-corrected chi connectivity index (χ3v) is 2.50. The zero-order valence-electron chi connectivity index (χ0n) is 10.1. The monoisotopic (exact) mass is 279 g/mol. The summed E-state index contributed by atoms with van der Waals surface area (Å²) in [7, 11) is 0. The van der Waals surface area contributed by atoms with Crippen molar-refractivity contribution in [3.8, 4) is 0 Å². The number of carbonyl (C=O) groups excluding carboxylic acids is 1. The van der Waals surface area contributed by atoms with Crippen molar-refractivity contribution in [1.29, 1.82) is 0 Å². The second-order valence-corrected chi connectivity index (χ2v) is 3.85. The van der Waals surface area contributed by atoms with Crippen LogP contribution in [0, 0.1) is 15.9 Å². The zero-order chi connectivity index (χ0) is 14.7. The minimum atomic E-state index is -0.783. The van der Waals surface area contributed by atoms with E-state index in [9.17, 15) is 19.3 Å². The molecular weight excluding hydrogens is 269 g/mol. The highest BCUT2D eigenvalue weighted by Gasteiger charge is 2.16. The van der Waals surface area contributed by atoms with Crippen molar-refractivity contribution in [2.45, 2.75) is 6.54 Å². The van der Waals surface area contributed by atoms with Gasteiger partial charge in [-0.25, -0.2) is 4.39 Å². The lowest BCUT2D eigenvalue weighted by Gasteiger charge is -2.04. The quantitative estimate of drug-likeness (QED) is 0.657. The molecule has 1 amide bonds. The zero-order valence-corrected chi connectivity index (χ0v) is 10.1. The predicted octanol–water partition coefficient (Wildman–Crippen LogP) is 2.04. The van der Waals surface area contributed by atoms with E-state index in [1.165, 1.54) is 12.1 Å². The average molecular weight is 279 g/mol. The fraction of sp³-hybridized carbons (Fsp3) is 0.0833. The molecule has 3 N–H and O–H groups in total. The number of benzene rings is 1. The molecule has 1 heterocycles. The highest BCUT2D eigenvalue weighted by molar-refractivity contribution is 6.02. The number of halogens is 1.